The molecule has 1 aromatic heterocycles. The van der Waals surface area contributed by atoms with E-state index in [0.717, 1.165) is 10.8 Å². The van der Waals surface area contributed by atoms with E-state index >= 15 is 0 Å². The van der Waals surface area contributed by atoms with Crippen LogP contribution < -0.4 is 0 Å². The summed E-state index contributed by atoms with van der Waals surface area (Å²) in [6.07, 6.45) is 0.00565. The van der Waals surface area contributed by atoms with Crippen LogP contribution in [0.3, 0.4) is 0 Å². The molecule has 3 nitrogen and oxygen atoms in total. The maximum atomic E-state index is 10.5. The van der Waals surface area contributed by atoms with Crippen LogP contribution in [-0.4, -0.2) is 16.1 Å². The first-order valence-electron chi connectivity index (χ1n) is 5.48. The molecular weight excluding hydrogens is 266 g/mol. The third kappa shape index (κ3) is 3.85. The molecule has 1 N–H and O–H groups in total. The first-order chi connectivity index (χ1) is 8.63. The Labute approximate surface area is 114 Å². The summed E-state index contributed by atoms with van der Waals surface area (Å²) in [7, 11) is 0. The molecule has 0 amide bonds. The van der Waals surface area contributed by atoms with E-state index in [1.807, 2.05) is 5.38 Å². The first-order valence-corrected chi connectivity index (χ1v) is 7.34. The van der Waals surface area contributed by atoms with E-state index in [1.165, 1.54) is 21.8 Å². The first kappa shape index (κ1) is 13.1. The molecule has 5 heteroatoms. The average molecular weight is 279 g/mol. The van der Waals surface area contributed by atoms with Crippen molar-refractivity contribution in [3.8, 4) is 0 Å². The number of carboxylic acids is 1. The molecule has 0 aliphatic heterocycles. The Hall–Kier alpha value is -1.33. The molecule has 0 aliphatic rings. The van der Waals surface area contributed by atoms with Gasteiger partial charge in [0.25, 0.3) is 0 Å². The molecule has 0 aliphatic carbocycles. The van der Waals surface area contributed by atoms with E-state index < -0.39 is 5.97 Å². The molecule has 0 radical (unpaired) electrons. The standard InChI is InChI=1S/C13H13NO2S2/c1-9-2-4-11(5-3-9)17-8-12-14-10(7-18-12)6-13(15)16/h2-5,7H,6,8H2,1H3,(H,15,16). The maximum Gasteiger partial charge on any atom is 0.309 e. The van der Waals surface area contributed by atoms with Crippen LogP contribution in [0.25, 0.3) is 0 Å². The van der Waals surface area contributed by atoms with Crippen molar-refractivity contribution in [2.45, 2.75) is 24.0 Å². The topological polar surface area (TPSA) is 50.2 Å². The summed E-state index contributed by atoms with van der Waals surface area (Å²) < 4.78 is 0. The Morgan fingerprint density at radius 1 is 1.39 bits per heavy atom. The minimum atomic E-state index is -0.835. The number of rotatable bonds is 5. The summed E-state index contributed by atoms with van der Waals surface area (Å²) in [6.45, 7) is 2.06. The van der Waals surface area contributed by atoms with Crippen molar-refractivity contribution < 1.29 is 9.90 Å². The molecule has 1 heterocycles. The number of hydrogen-bond acceptors (Lipinski definition) is 4. The Bertz CT molecular complexity index is 534. The number of carbonyl (C=O) groups is 1. The fraction of sp³-hybridized carbons (Fsp3) is 0.231. The molecule has 0 unspecified atom stereocenters. The third-order valence-corrected chi connectivity index (χ3v) is 4.42. The minimum Gasteiger partial charge on any atom is -0.481 e. The summed E-state index contributed by atoms with van der Waals surface area (Å²) in [5.41, 5.74) is 1.89. The molecule has 0 spiro atoms. The van der Waals surface area contributed by atoms with Gasteiger partial charge in [-0.3, -0.25) is 4.79 Å². The summed E-state index contributed by atoms with van der Waals surface area (Å²) in [5, 5.41) is 11.5. The van der Waals surface area contributed by atoms with E-state index in [2.05, 4.69) is 36.2 Å². The van der Waals surface area contributed by atoms with Gasteiger partial charge in [0, 0.05) is 10.3 Å². The fourth-order valence-electron chi connectivity index (χ4n) is 1.43. The lowest BCUT2D eigenvalue weighted by Gasteiger charge is -1.99. The second kappa shape index (κ2) is 6.02. The van der Waals surface area contributed by atoms with E-state index in [9.17, 15) is 4.79 Å². The van der Waals surface area contributed by atoms with Gasteiger partial charge >= 0.3 is 5.97 Å². The number of thiazole rings is 1. The number of thioether (sulfide) groups is 1. The highest BCUT2D eigenvalue weighted by Crippen LogP contribution is 2.24. The van der Waals surface area contributed by atoms with Crippen LogP contribution in [0.2, 0.25) is 0 Å². The van der Waals surface area contributed by atoms with Crippen molar-refractivity contribution in [1.82, 2.24) is 4.98 Å². The SMILES string of the molecule is Cc1ccc(SCc2nc(CC(=O)O)cs2)cc1. The number of aryl methyl sites for hydroxylation is 1. The molecule has 0 atom stereocenters. The highest BCUT2D eigenvalue weighted by molar-refractivity contribution is 7.98. The van der Waals surface area contributed by atoms with Crippen LogP contribution in [-0.2, 0) is 17.0 Å². The number of benzene rings is 1. The second-order valence-electron chi connectivity index (χ2n) is 3.90. The van der Waals surface area contributed by atoms with E-state index in [4.69, 9.17) is 5.11 Å². The van der Waals surface area contributed by atoms with Gasteiger partial charge in [-0.1, -0.05) is 17.7 Å². The highest BCUT2D eigenvalue weighted by atomic mass is 32.2. The summed E-state index contributed by atoms with van der Waals surface area (Å²) in [5.74, 6) is -0.0501. The van der Waals surface area contributed by atoms with Crippen molar-refractivity contribution in [2.24, 2.45) is 0 Å². The minimum absolute atomic E-state index is 0.00565. The van der Waals surface area contributed by atoms with Crippen LogP contribution in [0.5, 0.6) is 0 Å². The molecule has 2 rings (SSSR count). The fourth-order valence-corrected chi connectivity index (χ4v) is 3.14. The maximum absolute atomic E-state index is 10.5. The monoisotopic (exact) mass is 279 g/mol. The molecule has 0 saturated carbocycles. The Kier molecular flexibility index (Phi) is 4.38. The molecule has 2 aromatic rings. The van der Waals surface area contributed by atoms with Crippen LogP contribution in [0.1, 0.15) is 16.3 Å². The lowest BCUT2D eigenvalue weighted by molar-refractivity contribution is -0.136. The Morgan fingerprint density at radius 2 is 2.11 bits per heavy atom. The van der Waals surface area contributed by atoms with Gasteiger partial charge in [-0.15, -0.1) is 23.1 Å². The van der Waals surface area contributed by atoms with Gasteiger partial charge in [0.2, 0.25) is 0 Å². The molecule has 1 aromatic carbocycles. The zero-order valence-corrected chi connectivity index (χ0v) is 11.6. The third-order valence-electron chi connectivity index (χ3n) is 2.31. The smallest absolute Gasteiger partial charge is 0.309 e. The van der Waals surface area contributed by atoms with E-state index in [0.29, 0.717) is 5.69 Å². The number of carboxylic acid groups (broad SMARTS) is 1. The quantitative estimate of drug-likeness (QED) is 0.853. The van der Waals surface area contributed by atoms with Crippen LogP contribution >= 0.6 is 23.1 Å². The lowest BCUT2D eigenvalue weighted by atomic mass is 10.2. The van der Waals surface area contributed by atoms with Crippen molar-refractivity contribution in [3.05, 3.63) is 45.9 Å². The highest BCUT2D eigenvalue weighted by Gasteiger charge is 2.06. The Balaban J connectivity index is 1.92. The average Bonchev–Trinajstić information content (AvgIpc) is 2.75. The van der Waals surface area contributed by atoms with Gasteiger partial charge < -0.3 is 5.11 Å². The summed E-state index contributed by atoms with van der Waals surface area (Å²) in [4.78, 5) is 16.1. The second-order valence-corrected chi connectivity index (χ2v) is 5.90. The molecular formula is C13H13NO2S2. The molecule has 0 fully saturated rings. The van der Waals surface area contributed by atoms with Crippen LogP contribution in [0, 0.1) is 6.92 Å². The van der Waals surface area contributed by atoms with Gasteiger partial charge in [0.15, 0.2) is 0 Å². The number of aromatic nitrogens is 1. The van der Waals surface area contributed by atoms with Crippen molar-refractivity contribution >= 4 is 29.1 Å². The van der Waals surface area contributed by atoms with Gasteiger partial charge in [-0.05, 0) is 19.1 Å². The predicted octanol–water partition coefficient (Wildman–Crippen LogP) is 3.37. The van der Waals surface area contributed by atoms with Crippen molar-refractivity contribution in [1.29, 1.82) is 0 Å². The largest absolute Gasteiger partial charge is 0.481 e. The van der Waals surface area contributed by atoms with Gasteiger partial charge in [0.05, 0.1) is 17.9 Å². The molecule has 18 heavy (non-hydrogen) atoms. The van der Waals surface area contributed by atoms with Crippen LogP contribution in [0.4, 0.5) is 0 Å². The zero-order valence-electron chi connectivity index (χ0n) is 9.92. The summed E-state index contributed by atoms with van der Waals surface area (Å²) >= 11 is 3.23. The number of hydrogen-bond donors (Lipinski definition) is 1. The zero-order chi connectivity index (χ0) is 13.0. The number of aliphatic carboxylic acids is 1. The molecule has 94 valence electrons. The molecule has 0 saturated heterocycles. The summed E-state index contributed by atoms with van der Waals surface area (Å²) in [6, 6.07) is 8.34. The lowest BCUT2D eigenvalue weighted by Crippen LogP contribution is -2.00. The van der Waals surface area contributed by atoms with E-state index in [1.54, 1.807) is 11.8 Å². The van der Waals surface area contributed by atoms with E-state index in [-0.39, 0.29) is 6.42 Å². The molecule has 0 bridgehead atoms. The van der Waals surface area contributed by atoms with Gasteiger partial charge in [-0.25, -0.2) is 4.98 Å². The van der Waals surface area contributed by atoms with Gasteiger partial charge in [0.1, 0.15) is 5.01 Å². The van der Waals surface area contributed by atoms with Crippen LogP contribution in [0.15, 0.2) is 34.5 Å². The number of nitrogens with zero attached hydrogens (tertiary/aromatic N) is 1. The predicted molar refractivity (Wildman–Crippen MR) is 74.2 cm³/mol. The van der Waals surface area contributed by atoms with Gasteiger partial charge in [-0.2, -0.15) is 0 Å². The Morgan fingerprint density at radius 3 is 2.78 bits per heavy atom. The normalized spacial score (nSPS) is 10.5. The van der Waals surface area contributed by atoms with Crippen molar-refractivity contribution in [3.63, 3.8) is 0 Å². The van der Waals surface area contributed by atoms with Crippen molar-refractivity contribution in [2.75, 3.05) is 0 Å².